The van der Waals surface area contributed by atoms with Crippen LogP contribution in [0.4, 0.5) is 0 Å². The molecular formula is C12H13BrClN3O. The number of alkyl halides is 1. The molecule has 2 aromatic rings. The maximum Gasteiger partial charge on any atom is 0.219 e. The van der Waals surface area contributed by atoms with Crippen LogP contribution in [0, 0.1) is 0 Å². The first-order valence-electron chi connectivity index (χ1n) is 5.53. The lowest BCUT2D eigenvalue weighted by molar-refractivity contribution is -0.118. The summed E-state index contributed by atoms with van der Waals surface area (Å²) in [4.78, 5) is 15.5. The Labute approximate surface area is 118 Å². The van der Waals surface area contributed by atoms with Gasteiger partial charge in [-0.3, -0.25) is 4.79 Å². The van der Waals surface area contributed by atoms with Crippen molar-refractivity contribution >= 4 is 44.5 Å². The van der Waals surface area contributed by atoms with Gasteiger partial charge < -0.3 is 10.3 Å². The van der Waals surface area contributed by atoms with Crippen molar-refractivity contribution in [1.82, 2.24) is 9.55 Å². The summed E-state index contributed by atoms with van der Waals surface area (Å²) in [6, 6.07) is 5.76. The van der Waals surface area contributed by atoms with Crippen molar-refractivity contribution < 1.29 is 4.79 Å². The highest BCUT2D eigenvalue weighted by Gasteiger charge is 2.17. The molecule has 1 aromatic carbocycles. The van der Waals surface area contributed by atoms with Gasteiger partial charge in [0.25, 0.3) is 0 Å². The standard InChI is InChI=1S/C12H13BrClN3O/c1-7(4-11(15)18)17-10-5-8(13)2-3-9(10)16-12(17)6-14/h2-3,5,7H,4,6H2,1H3,(H2,15,18). The van der Waals surface area contributed by atoms with Crippen LogP contribution in [-0.2, 0) is 10.7 Å². The Kier molecular flexibility index (Phi) is 3.92. The van der Waals surface area contributed by atoms with Crippen molar-refractivity contribution in [2.24, 2.45) is 5.73 Å². The molecule has 0 aliphatic rings. The number of nitrogens with zero attached hydrogens (tertiary/aromatic N) is 2. The summed E-state index contributed by atoms with van der Waals surface area (Å²) < 4.78 is 2.93. The molecule has 0 saturated carbocycles. The second kappa shape index (κ2) is 5.28. The van der Waals surface area contributed by atoms with Gasteiger partial charge in [-0.2, -0.15) is 0 Å². The highest BCUT2D eigenvalue weighted by atomic mass is 79.9. The zero-order valence-electron chi connectivity index (χ0n) is 9.86. The smallest absolute Gasteiger partial charge is 0.219 e. The van der Waals surface area contributed by atoms with Gasteiger partial charge in [-0.25, -0.2) is 4.98 Å². The SMILES string of the molecule is CC(CC(N)=O)n1c(CCl)nc2ccc(Br)cc21. The number of carbonyl (C=O) groups excluding carboxylic acids is 1. The second-order valence-electron chi connectivity index (χ2n) is 4.18. The zero-order valence-corrected chi connectivity index (χ0v) is 12.2. The lowest BCUT2D eigenvalue weighted by Crippen LogP contribution is -2.18. The van der Waals surface area contributed by atoms with Crippen LogP contribution < -0.4 is 5.73 Å². The lowest BCUT2D eigenvalue weighted by atomic mass is 10.2. The first-order valence-corrected chi connectivity index (χ1v) is 6.86. The second-order valence-corrected chi connectivity index (χ2v) is 5.37. The summed E-state index contributed by atoms with van der Waals surface area (Å²) in [5, 5.41) is 0. The van der Waals surface area contributed by atoms with Crippen molar-refractivity contribution in [1.29, 1.82) is 0 Å². The molecule has 1 aromatic heterocycles. The number of halogens is 2. The van der Waals surface area contributed by atoms with Crippen LogP contribution in [-0.4, -0.2) is 15.5 Å². The first kappa shape index (κ1) is 13.4. The summed E-state index contributed by atoms with van der Waals surface area (Å²) in [5.74, 6) is 0.716. The molecule has 1 amide bonds. The van der Waals surface area contributed by atoms with E-state index in [9.17, 15) is 4.79 Å². The molecule has 2 N–H and O–H groups in total. The first-order chi connectivity index (χ1) is 8.52. The number of rotatable bonds is 4. The molecule has 0 bridgehead atoms. The maximum absolute atomic E-state index is 11.1. The molecule has 0 saturated heterocycles. The van der Waals surface area contributed by atoms with E-state index in [4.69, 9.17) is 17.3 Å². The Morgan fingerprint density at radius 3 is 2.94 bits per heavy atom. The van der Waals surface area contributed by atoms with Crippen molar-refractivity contribution in [2.75, 3.05) is 0 Å². The van der Waals surface area contributed by atoms with E-state index in [2.05, 4.69) is 20.9 Å². The number of hydrogen-bond donors (Lipinski definition) is 1. The third kappa shape index (κ3) is 2.52. The minimum Gasteiger partial charge on any atom is -0.370 e. The highest BCUT2D eigenvalue weighted by molar-refractivity contribution is 9.10. The minimum atomic E-state index is -0.333. The van der Waals surface area contributed by atoms with Crippen molar-refractivity contribution in [2.45, 2.75) is 25.3 Å². The number of benzene rings is 1. The maximum atomic E-state index is 11.1. The van der Waals surface area contributed by atoms with E-state index in [0.29, 0.717) is 5.88 Å². The fourth-order valence-corrected chi connectivity index (χ4v) is 2.62. The molecule has 0 fully saturated rings. The Morgan fingerprint density at radius 1 is 1.61 bits per heavy atom. The molecule has 0 spiro atoms. The summed E-state index contributed by atoms with van der Waals surface area (Å²) in [5.41, 5.74) is 7.07. The van der Waals surface area contributed by atoms with E-state index in [1.807, 2.05) is 29.7 Å². The fourth-order valence-electron chi connectivity index (χ4n) is 2.08. The topological polar surface area (TPSA) is 60.9 Å². The third-order valence-corrected chi connectivity index (χ3v) is 3.51. The van der Waals surface area contributed by atoms with Crippen molar-refractivity contribution in [3.8, 4) is 0 Å². The van der Waals surface area contributed by atoms with Gasteiger partial charge in [-0.1, -0.05) is 15.9 Å². The molecule has 2 rings (SSSR count). The quantitative estimate of drug-likeness (QED) is 0.876. The number of aromatic nitrogens is 2. The third-order valence-electron chi connectivity index (χ3n) is 2.78. The molecule has 1 atom stereocenters. The predicted octanol–water partition coefficient (Wildman–Crippen LogP) is 2.97. The van der Waals surface area contributed by atoms with Crippen molar-refractivity contribution in [3.05, 3.63) is 28.5 Å². The Balaban J connectivity index is 2.58. The van der Waals surface area contributed by atoms with E-state index >= 15 is 0 Å². The molecular weight excluding hydrogens is 318 g/mol. The predicted molar refractivity (Wildman–Crippen MR) is 75.5 cm³/mol. The number of nitrogens with two attached hydrogens (primary N) is 1. The molecule has 4 nitrogen and oxygen atoms in total. The Bertz CT molecular complexity index is 596. The molecule has 1 heterocycles. The van der Waals surface area contributed by atoms with Crippen LogP contribution in [0.25, 0.3) is 11.0 Å². The summed E-state index contributed by atoms with van der Waals surface area (Å²) in [6.45, 7) is 1.93. The van der Waals surface area contributed by atoms with Gasteiger partial charge in [0.1, 0.15) is 5.82 Å². The van der Waals surface area contributed by atoms with Gasteiger partial charge in [-0.15, -0.1) is 11.6 Å². The average molecular weight is 331 g/mol. The largest absolute Gasteiger partial charge is 0.370 e. The fraction of sp³-hybridized carbons (Fsp3) is 0.333. The molecule has 96 valence electrons. The molecule has 1 unspecified atom stereocenters. The number of fused-ring (bicyclic) bond motifs is 1. The van der Waals surface area contributed by atoms with E-state index in [1.165, 1.54) is 0 Å². The average Bonchev–Trinajstić information content (AvgIpc) is 2.65. The van der Waals surface area contributed by atoms with Crippen LogP contribution >= 0.6 is 27.5 Å². The highest BCUT2D eigenvalue weighted by Crippen LogP contribution is 2.26. The molecule has 18 heavy (non-hydrogen) atoms. The van der Waals surface area contributed by atoms with E-state index in [-0.39, 0.29) is 18.4 Å². The van der Waals surface area contributed by atoms with E-state index in [0.717, 1.165) is 21.3 Å². The van der Waals surface area contributed by atoms with Crippen molar-refractivity contribution in [3.63, 3.8) is 0 Å². The molecule has 6 heteroatoms. The van der Waals surface area contributed by atoms with Crippen LogP contribution in [0.1, 0.15) is 25.2 Å². The molecule has 0 radical (unpaired) electrons. The zero-order chi connectivity index (χ0) is 13.3. The van der Waals surface area contributed by atoms with E-state index < -0.39 is 0 Å². The molecule has 0 aliphatic heterocycles. The normalized spacial score (nSPS) is 12.8. The van der Waals surface area contributed by atoms with Gasteiger partial charge in [0.05, 0.1) is 16.9 Å². The molecule has 0 aliphatic carbocycles. The van der Waals surface area contributed by atoms with Crippen LogP contribution in [0.3, 0.4) is 0 Å². The number of carbonyl (C=O) groups is 1. The number of primary amides is 1. The summed E-state index contributed by atoms with van der Waals surface area (Å²) >= 11 is 9.34. The van der Waals surface area contributed by atoms with Gasteiger partial charge in [0.15, 0.2) is 0 Å². The van der Waals surface area contributed by atoms with Crippen LogP contribution in [0.2, 0.25) is 0 Å². The van der Waals surface area contributed by atoms with Gasteiger partial charge in [0, 0.05) is 16.9 Å². The summed E-state index contributed by atoms with van der Waals surface area (Å²) in [7, 11) is 0. The lowest BCUT2D eigenvalue weighted by Gasteiger charge is -2.15. The van der Waals surface area contributed by atoms with Gasteiger partial charge >= 0.3 is 0 Å². The number of imidazole rings is 1. The van der Waals surface area contributed by atoms with Crippen LogP contribution in [0.5, 0.6) is 0 Å². The number of amides is 1. The van der Waals surface area contributed by atoms with Gasteiger partial charge in [0.2, 0.25) is 5.91 Å². The number of hydrogen-bond acceptors (Lipinski definition) is 2. The monoisotopic (exact) mass is 329 g/mol. The Morgan fingerprint density at radius 2 is 2.33 bits per heavy atom. The van der Waals surface area contributed by atoms with Crippen LogP contribution in [0.15, 0.2) is 22.7 Å². The Hall–Kier alpha value is -1.07. The van der Waals surface area contributed by atoms with E-state index in [1.54, 1.807) is 0 Å². The summed E-state index contributed by atoms with van der Waals surface area (Å²) in [6.07, 6.45) is 0.266. The van der Waals surface area contributed by atoms with Gasteiger partial charge in [-0.05, 0) is 25.1 Å². The minimum absolute atomic E-state index is 0.0597.